The van der Waals surface area contributed by atoms with Gasteiger partial charge in [-0.15, -0.1) is 0 Å². The Labute approximate surface area is 124 Å². The second-order valence-corrected chi connectivity index (χ2v) is 5.17. The lowest BCUT2D eigenvalue weighted by molar-refractivity contribution is -0.384. The second-order valence-electron chi connectivity index (χ2n) is 5.17. The van der Waals surface area contributed by atoms with E-state index in [9.17, 15) is 10.1 Å². The van der Waals surface area contributed by atoms with Crippen LogP contribution in [0.2, 0.25) is 0 Å². The number of benzene rings is 1. The first kappa shape index (κ1) is 15.0. The summed E-state index contributed by atoms with van der Waals surface area (Å²) in [5.74, 6) is 1.28. The van der Waals surface area contributed by atoms with Gasteiger partial charge < -0.3 is 9.88 Å². The molecule has 0 radical (unpaired) electrons. The van der Waals surface area contributed by atoms with Crippen molar-refractivity contribution in [1.29, 1.82) is 0 Å². The third-order valence-corrected chi connectivity index (χ3v) is 3.28. The molecule has 6 heteroatoms. The Morgan fingerprint density at radius 3 is 2.81 bits per heavy atom. The minimum absolute atomic E-state index is 0.112. The molecule has 1 N–H and O–H groups in total. The smallest absolute Gasteiger partial charge is 0.292 e. The number of para-hydroxylation sites is 1. The van der Waals surface area contributed by atoms with E-state index >= 15 is 0 Å². The molecule has 0 aliphatic heterocycles. The van der Waals surface area contributed by atoms with Crippen molar-refractivity contribution in [3.63, 3.8) is 0 Å². The summed E-state index contributed by atoms with van der Waals surface area (Å²) in [5.41, 5.74) is 1.60. The molecule has 2 rings (SSSR count). The van der Waals surface area contributed by atoms with Crippen molar-refractivity contribution in [3.8, 4) is 0 Å². The molecule has 0 aliphatic carbocycles. The monoisotopic (exact) mass is 288 g/mol. The van der Waals surface area contributed by atoms with E-state index in [1.807, 2.05) is 23.8 Å². The average Bonchev–Trinajstić information content (AvgIpc) is 2.89. The van der Waals surface area contributed by atoms with E-state index in [0.717, 1.165) is 11.4 Å². The molecule has 0 saturated heterocycles. The second kappa shape index (κ2) is 6.39. The van der Waals surface area contributed by atoms with Crippen molar-refractivity contribution in [2.45, 2.75) is 33.2 Å². The van der Waals surface area contributed by atoms with Crippen LogP contribution in [0.1, 0.15) is 38.1 Å². The van der Waals surface area contributed by atoms with E-state index in [0.29, 0.717) is 24.7 Å². The number of imidazole rings is 1. The fourth-order valence-electron chi connectivity index (χ4n) is 2.39. The quantitative estimate of drug-likeness (QED) is 0.653. The van der Waals surface area contributed by atoms with E-state index in [1.54, 1.807) is 12.3 Å². The first-order valence-electron chi connectivity index (χ1n) is 7.05. The fourth-order valence-corrected chi connectivity index (χ4v) is 2.39. The van der Waals surface area contributed by atoms with Gasteiger partial charge in [0.25, 0.3) is 5.69 Å². The molecule has 1 heterocycles. The molecule has 0 bridgehead atoms. The Morgan fingerprint density at radius 2 is 2.19 bits per heavy atom. The molecule has 6 nitrogen and oxygen atoms in total. The highest BCUT2D eigenvalue weighted by Crippen LogP contribution is 2.29. The highest BCUT2D eigenvalue weighted by molar-refractivity contribution is 5.66. The van der Waals surface area contributed by atoms with E-state index < -0.39 is 0 Å². The van der Waals surface area contributed by atoms with Crippen molar-refractivity contribution in [2.24, 2.45) is 0 Å². The van der Waals surface area contributed by atoms with Gasteiger partial charge in [0.05, 0.1) is 11.5 Å². The predicted molar refractivity (Wildman–Crippen MR) is 82.7 cm³/mol. The summed E-state index contributed by atoms with van der Waals surface area (Å²) in [4.78, 5) is 15.2. The van der Waals surface area contributed by atoms with Crippen LogP contribution < -0.4 is 5.32 Å². The maximum Gasteiger partial charge on any atom is 0.292 e. The number of aromatic nitrogens is 2. The number of nitro groups is 1. The summed E-state index contributed by atoms with van der Waals surface area (Å²) in [6, 6.07) is 5.16. The summed E-state index contributed by atoms with van der Waals surface area (Å²) in [5, 5.41) is 14.3. The molecule has 0 atom stereocenters. The van der Waals surface area contributed by atoms with Crippen molar-refractivity contribution in [1.82, 2.24) is 9.55 Å². The van der Waals surface area contributed by atoms with Crippen LogP contribution in [-0.2, 0) is 6.54 Å². The first-order valence-corrected chi connectivity index (χ1v) is 7.05. The topological polar surface area (TPSA) is 73.0 Å². The van der Waals surface area contributed by atoms with Crippen LogP contribution in [0.5, 0.6) is 0 Å². The van der Waals surface area contributed by atoms with Gasteiger partial charge in [0.2, 0.25) is 0 Å². The Morgan fingerprint density at radius 1 is 1.43 bits per heavy atom. The normalized spacial score (nSPS) is 10.9. The fraction of sp³-hybridized carbons (Fsp3) is 0.400. The SMILES string of the molecule is CCNc1c(Cn2ccnc2C(C)C)cccc1[N+](=O)[O-]. The molecule has 0 saturated carbocycles. The van der Waals surface area contributed by atoms with E-state index in [1.165, 1.54) is 6.07 Å². The maximum atomic E-state index is 11.2. The minimum atomic E-state index is -0.348. The summed E-state index contributed by atoms with van der Waals surface area (Å²) in [6.45, 7) is 7.29. The molecular weight excluding hydrogens is 268 g/mol. The molecule has 0 unspecified atom stereocenters. The summed E-state index contributed by atoms with van der Waals surface area (Å²) < 4.78 is 2.03. The van der Waals surface area contributed by atoms with Crippen molar-refractivity contribution < 1.29 is 4.92 Å². The van der Waals surface area contributed by atoms with Crippen LogP contribution in [0.25, 0.3) is 0 Å². The number of hydrogen-bond donors (Lipinski definition) is 1. The molecule has 112 valence electrons. The number of nitrogens with one attached hydrogen (secondary N) is 1. The van der Waals surface area contributed by atoms with Crippen molar-refractivity contribution >= 4 is 11.4 Å². The van der Waals surface area contributed by atoms with Gasteiger partial charge in [0.1, 0.15) is 11.5 Å². The lowest BCUT2D eigenvalue weighted by Gasteiger charge is -2.14. The standard InChI is InChI=1S/C15H20N4O2/c1-4-16-14-12(6-5-7-13(14)19(20)21)10-18-9-8-17-15(18)11(2)3/h5-9,11,16H,4,10H2,1-3H3. The van der Waals surface area contributed by atoms with E-state index in [4.69, 9.17) is 0 Å². The van der Waals surface area contributed by atoms with Crippen LogP contribution in [0.4, 0.5) is 11.4 Å². The van der Waals surface area contributed by atoms with Gasteiger partial charge in [-0.1, -0.05) is 26.0 Å². The Hall–Kier alpha value is -2.37. The molecular formula is C15H20N4O2. The summed E-state index contributed by atoms with van der Waals surface area (Å²) in [7, 11) is 0. The zero-order chi connectivity index (χ0) is 15.4. The highest BCUT2D eigenvalue weighted by Gasteiger charge is 2.18. The number of rotatable bonds is 6. The molecule has 1 aromatic heterocycles. The van der Waals surface area contributed by atoms with Crippen molar-refractivity contribution in [3.05, 3.63) is 52.1 Å². The van der Waals surface area contributed by atoms with Crippen LogP contribution >= 0.6 is 0 Å². The molecule has 0 amide bonds. The van der Waals surface area contributed by atoms with Crippen LogP contribution in [0.15, 0.2) is 30.6 Å². The van der Waals surface area contributed by atoms with E-state index in [-0.39, 0.29) is 10.6 Å². The lowest BCUT2D eigenvalue weighted by atomic mass is 10.1. The highest BCUT2D eigenvalue weighted by atomic mass is 16.6. The predicted octanol–water partition coefficient (Wildman–Crippen LogP) is 3.39. The van der Waals surface area contributed by atoms with Crippen molar-refractivity contribution in [2.75, 3.05) is 11.9 Å². The molecule has 0 fully saturated rings. The third kappa shape index (κ3) is 3.21. The zero-order valence-corrected chi connectivity index (χ0v) is 12.5. The molecule has 0 spiro atoms. The number of nitro benzene ring substituents is 1. The largest absolute Gasteiger partial charge is 0.379 e. The number of nitrogens with zero attached hydrogens (tertiary/aromatic N) is 3. The minimum Gasteiger partial charge on any atom is -0.379 e. The molecule has 2 aromatic rings. The van der Waals surface area contributed by atoms with Gasteiger partial charge in [0.15, 0.2) is 0 Å². The van der Waals surface area contributed by atoms with Crippen LogP contribution in [0, 0.1) is 10.1 Å². The lowest BCUT2D eigenvalue weighted by Crippen LogP contribution is -2.10. The molecule has 21 heavy (non-hydrogen) atoms. The number of hydrogen-bond acceptors (Lipinski definition) is 4. The summed E-state index contributed by atoms with van der Waals surface area (Å²) in [6.07, 6.45) is 3.67. The van der Waals surface area contributed by atoms with E-state index in [2.05, 4.69) is 24.1 Å². The van der Waals surface area contributed by atoms with Gasteiger partial charge in [-0.3, -0.25) is 10.1 Å². The van der Waals surface area contributed by atoms with Crippen LogP contribution in [-0.4, -0.2) is 21.0 Å². The first-order chi connectivity index (χ1) is 10.0. The summed E-state index contributed by atoms with van der Waals surface area (Å²) >= 11 is 0. The van der Waals surface area contributed by atoms with Gasteiger partial charge in [0, 0.05) is 36.5 Å². The van der Waals surface area contributed by atoms with Gasteiger partial charge in [-0.25, -0.2) is 4.98 Å². The average molecular weight is 288 g/mol. The zero-order valence-electron chi connectivity index (χ0n) is 12.5. The van der Waals surface area contributed by atoms with Gasteiger partial charge in [-0.2, -0.15) is 0 Å². The van der Waals surface area contributed by atoms with Crippen LogP contribution in [0.3, 0.4) is 0 Å². The van der Waals surface area contributed by atoms with Gasteiger partial charge in [-0.05, 0) is 6.92 Å². The maximum absolute atomic E-state index is 11.2. The Kier molecular flexibility index (Phi) is 4.57. The van der Waals surface area contributed by atoms with Gasteiger partial charge >= 0.3 is 0 Å². The molecule has 0 aliphatic rings. The molecule has 1 aromatic carbocycles. The Balaban J connectivity index is 2.41. The number of anilines is 1. The Bertz CT molecular complexity index is 634. The third-order valence-electron chi connectivity index (χ3n) is 3.28.